The average molecular weight is 264 g/mol. The van der Waals surface area contributed by atoms with Crippen molar-refractivity contribution in [1.82, 2.24) is 10.3 Å². The van der Waals surface area contributed by atoms with Crippen molar-refractivity contribution in [2.24, 2.45) is 0 Å². The molecule has 1 heterocycles. The Kier molecular flexibility index (Phi) is 4.44. The highest BCUT2D eigenvalue weighted by atomic mass is 32.1. The van der Waals surface area contributed by atoms with Gasteiger partial charge in [0.1, 0.15) is 5.82 Å². The molecule has 1 aromatic heterocycles. The van der Waals surface area contributed by atoms with Crippen LogP contribution in [0.3, 0.4) is 0 Å². The standard InChI is InChI=1S/C14H17FN2S/c1-3-16-9-13-10(2)17-14(18-13)8-11-5-4-6-12(15)7-11/h4-7,16H,3,8-9H2,1-2H3. The summed E-state index contributed by atoms with van der Waals surface area (Å²) in [5.74, 6) is -0.186. The molecule has 0 saturated heterocycles. The molecular formula is C14H17FN2S. The number of hydrogen-bond donors (Lipinski definition) is 1. The quantitative estimate of drug-likeness (QED) is 0.896. The van der Waals surface area contributed by atoms with Gasteiger partial charge in [0, 0.05) is 17.8 Å². The molecule has 0 atom stereocenters. The van der Waals surface area contributed by atoms with Gasteiger partial charge in [-0.25, -0.2) is 9.37 Å². The van der Waals surface area contributed by atoms with E-state index in [4.69, 9.17) is 0 Å². The van der Waals surface area contributed by atoms with Crippen LogP contribution in [0.1, 0.15) is 28.1 Å². The molecular weight excluding hydrogens is 247 g/mol. The van der Waals surface area contributed by atoms with Gasteiger partial charge in [-0.1, -0.05) is 19.1 Å². The van der Waals surface area contributed by atoms with Crippen molar-refractivity contribution in [3.05, 3.63) is 51.2 Å². The summed E-state index contributed by atoms with van der Waals surface area (Å²) in [5.41, 5.74) is 2.05. The fraction of sp³-hybridized carbons (Fsp3) is 0.357. The maximum Gasteiger partial charge on any atom is 0.123 e. The number of halogens is 1. The van der Waals surface area contributed by atoms with Crippen LogP contribution in [0.4, 0.5) is 4.39 Å². The molecule has 2 nitrogen and oxygen atoms in total. The van der Waals surface area contributed by atoms with E-state index in [0.717, 1.165) is 29.4 Å². The number of benzene rings is 1. The summed E-state index contributed by atoms with van der Waals surface area (Å²) in [7, 11) is 0. The van der Waals surface area contributed by atoms with Gasteiger partial charge in [-0.05, 0) is 31.2 Å². The zero-order valence-electron chi connectivity index (χ0n) is 10.7. The monoisotopic (exact) mass is 264 g/mol. The second-order valence-corrected chi connectivity index (χ2v) is 5.37. The summed E-state index contributed by atoms with van der Waals surface area (Å²) in [5, 5.41) is 4.35. The van der Waals surface area contributed by atoms with E-state index >= 15 is 0 Å². The van der Waals surface area contributed by atoms with Gasteiger partial charge in [0.25, 0.3) is 0 Å². The normalized spacial score (nSPS) is 10.8. The highest BCUT2D eigenvalue weighted by Gasteiger charge is 2.08. The maximum absolute atomic E-state index is 13.1. The Morgan fingerprint density at radius 1 is 1.39 bits per heavy atom. The van der Waals surface area contributed by atoms with Crippen molar-refractivity contribution in [2.45, 2.75) is 26.8 Å². The minimum absolute atomic E-state index is 0.186. The fourth-order valence-electron chi connectivity index (χ4n) is 1.79. The Balaban J connectivity index is 2.10. The van der Waals surface area contributed by atoms with Crippen LogP contribution in [-0.2, 0) is 13.0 Å². The first-order chi connectivity index (χ1) is 8.69. The number of nitrogens with one attached hydrogen (secondary N) is 1. The van der Waals surface area contributed by atoms with Crippen LogP contribution < -0.4 is 5.32 Å². The lowest BCUT2D eigenvalue weighted by Gasteiger charge is -1.98. The Labute approximate surface area is 111 Å². The Morgan fingerprint density at radius 2 is 2.22 bits per heavy atom. The van der Waals surface area contributed by atoms with Crippen LogP contribution >= 0.6 is 11.3 Å². The predicted octanol–water partition coefficient (Wildman–Crippen LogP) is 3.29. The summed E-state index contributed by atoms with van der Waals surface area (Å²) in [6.07, 6.45) is 0.704. The first-order valence-corrected chi connectivity index (χ1v) is 6.91. The van der Waals surface area contributed by atoms with Gasteiger partial charge in [0.15, 0.2) is 0 Å². The lowest BCUT2D eigenvalue weighted by atomic mass is 10.1. The van der Waals surface area contributed by atoms with E-state index in [1.807, 2.05) is 13.0 Å². The molecule has 0 saturated carbocycles. The highest BCUT2D eigenvalue weighted by Crippen LogP contribution is 2.21. The lowest BCUT2D eigenvalue weighted by Crippen LogP contribution is -2.11. The molecule has 0 aliphatic rings. The molecule has 0 spiro atoms. The molecule has 96 valence electrons. The van der Waals surface area contributed by atoms with Gasteiger partial charge < -0.3 is 5.32 Å². The first-order valence-electron chi connectivity index (χ1n) is 6.09. The van der Waals surface area contributed by atoms with Crippen molar-refractivity contribution in [1.29, 1.82) is 0 Å². The number of nitrogens with zero attached hydrogens (tertiary/aromatic N) is 1. The van der Waals surface area contributed by atoms with Crippen LogP contribution in [0.2, 0.25) is 0 Å². The molecule has 0 amide bonds. The molecule has 0 aliphatic heterocycles. The third-order valence-corrected chi connectivity index (χ3v) is 3.87. The van der Waals surface area contributed by atoms with Crippen LogP contribution in [0, 0.1) is 12.7 Å². The minimum Gasteiger partial charge on any atom is -0.312 e. The van der Waals surface area contributed by atoms with Crippen molar-refractivity contribution in [3.8, 4) is 0 Å². The minimum atomic E-state index is -0.186. The van der Waals surface area contributed by atoms with Gasteiger partial charge >= 0.3 is 0 Å². The second kappa shape index (κ2) is 6.07. The van der Waals surface area contributed by atoms with Crippen LogP contribution in [0.25, 0.3) is 0 Å². The number of aryl methyl sites for hydroxylation is 1. The molecule has 0 bridgehead atoms. The zero-order chi connectivity index (χ0) is 13.0. The van der Waals surface area contributed by atoms with Gasteiger partial charge in [0.2, 0.25) is 0 Å². The molecule has 1 aromatic carbocycles. The molecule has 0 radical (unpaired) electrons. The fourth-order valence-corrected chi connectivity index (χ4v) is 2.86. The van der Waals surface area contributed by atoms with Gasteiger partial charge in [-0.2, -0.15) is 0 Å². The number of rotatable bonds is 5. The number of thiazole rings is 1. The topological polar surface area (TPSA) is 24.9 Å². The van der Waals surface area contributed by atoms with Crippen LogP contribution in [0.15, 0.2) is 24.3 Å². The van der Waals surface area contributed by atoms with Crippen LogP contribution in [-0.4, -0.2) is 11.5 Å². The molecule has 0 unspecified atom stereocenters. The molecule has 2 aromatic rings. The number of hydrogen-bond acceptors (Lipinski definition) is 3. The summed E-state index contributed by atoms with van der Waals surface area (Å²) in [6, 6.07) is 6.71. The third kappa shape index (κ3) is 3.37. The summed E-state index contributed by atoms with van der Waals surface area (Å²) < 4.78 is 13.1. The molecule has 18 heavy (non-hydrogen) atoms. The third-order valence-electron chi connectivity index (χ3n) is 2.72. The van der Waals surface area contributed by atoms with Crippen molar-refractivity contribution in [3.63, 3.8) is 0 Å². The van der Waals surface area contributed by atoms with Crippen molar-refractivity contribution < 1.29 is 4.39 Å². The molecule has 2 rings (SSSR count). The average Bonchev–Trinajstić information content (AvgIpc) is 2.67. The zero-order valence-corrected chi connectivity index (χ0v) is 11.5. The molecule has 4 heteroatoms. The Hall–Kier alpha value is -1.26. The van der Waals surface area contributed by atoms with Gasteiger partial charge in [-0.15, -0.1) is 11.3 Å². The second-order valence-electron chi connectivity index (χ2n) is 4.20. The number of aromatic nitrogens is 1. The summed E-state index contributed by atoms with van der Waals surface area (Å²) >= 11 is 1.70. The van der Waals surface area contributed by atoms with E-state index in [2.05, 4.69) is 17.2 Å². The SMILES string of the molecule is CCNCc1sc(Cc2cccc(F)c2)nc1C. The largest absolute Gasteiger partial charge is 0.312 e. The summed E-state index contributed by atoms with van der Waals surface area (Å²) in [6.45, 7) is 5.93. The van der Waals surface area contributed by atoms with Crippen molar-refractivity contribution in [2.75, 3.05) is 6.54 Å². The van der Waals surface area contributed by atoms with Gasteiger partial charge in [0.05, 0.1) is 10.7 Å². The van der Waals surface area contributed by atoms with E-state index in [0.29, 0.717) is 6.42 Å². The molecule has 1 N–H and O–H groups in total. The smallest absolute Gasteiger partial charge is 0.123 e. The van der Waals surface area contributed by atoms with Crippen LogP contribution in [0.5, 0.6) is 0 Å². The lowest BCUT2D eigenvalue weighted by molar-refractivity contribution is 0.626. The first kappa shape index (κ1) is 13.2. The molecule has 0 aliphatic carbocycles. The molecule has 0 fully saturated rings. The van der Waals surface area contributed by atoms with E-state index in [1.165, 1.54) is 10.9 Å². The van der Waals surface area contributed by atoms with Crippen molar-refractivity contribution >= 4 is 11.3 Å². The van der Waals surface area contributed by atoms with E-state index in [1.54, 1.807) is 23.5 Å². The van der Waals surface area contributed by atoms with E-state index in [-0.39, 0.29) is 5.82 Å². The van der Waals surface area contributed by atoms with E-state index in [9.17, 15) is 4.39 Å². The maximum atomic E-state index is 13.1. The van der Waals surface area contributed by atoms with Gasteiger partial charge in [-0.3, -0.25) is 0 Å². The van der Waals surface area contributed by atoms with E-state index < -0.39 is 0 Å². The summed E-state index contributed by atoms with van der Waals surface area (Å²) in [4.78, 5) is 5.81. The highest BCUT2D eigenvalue weighted by molar-refractivity contribution is 7.11. The Morgan fingerprint density at radius 3 is 2.94 bits per heavy atom. The Bertz CT molecular complexity index is 522. The predicted molar refractivity (Wildman–Crippen MR) is 73.4 cm³/mol.